The standard InChI is InChI=1S/C34H41N3O5S/c1-25-13-10-11-16-29(25)23-36(33(39)24-37(43(3,41)42)31-20-12-17-28(22-31)26(2)38)32(21-27-14-6-4-7-15-27)34(40)35-30-18-8-5-9-19-30/h4,6-7,10-17,20,22,30,32H,5,8-9,18-19,21,23-24H2,1-3H3,(H,35,40)/t32-/m1/s1. The van der Waals surface area contributed by atoms with Gasteiger partial charge in [-0.25, -0.2) is 8.42 Å². The predicted octanol–water partition coefficient (Wildman–Crippen LogP) is 5.05. The van der Waals surface area contributed by atoms with Crippen molar-refractivity contribution in [3.63, 3.8) is 0 Å². The fourth-order valence-corrected chi connectivity index (χ4v) is 6.40. The molecule has 2 amide bonds. The fraction of sp³-hybridized carbons (Fsp3) is 0.382. The molecule has 0 bridgehead atoms. The summed E-state index contributed by atoms with van der Waals surface area (Å²) in [6, 6.07) is 22.6. The first-order valence-electron chi connectivity index (χ1n) is 14.8. The van der Waals surface area contributed by atoms with E-state index < -0.39 is 28.5 Å². The summed E-state index contributed by atoms with van der Waals surface area (Å²) in [4.78, 5) is 41.9. The average Bonchev–Trinajstić information content (AvgIpc) is 2.99. The molecule has 1 aliphatic carbocycles. The van der Waals surface area contributed by atoms with Crippen LogP contribution in [0.25, 0.3) is 0 Å². The second-order valence-corrected chi connectivity index (χ2v) is 13.3. The number of ketones is 1. The Hall–Kier alpha value is -3.98. The molecule has 0 spiro atoms. The molecule has 8 nitrogen and oxygen atoms in total. The van der Waals surface area contributed by atoms with Gasteiger partial charge in [-0.05, 0) is 55.5 Å². The molecule has 0 unspecified atom stereocenters. The molecule has 1 saturated carbocycles. The van der Waals surface area contributed by atoms with E-state index in [4.69, 9.17) is 0 Å². The zero-order valence-electron chi connectivity index (χ0n) is 25.2. The van der Waals surface area contributed by atoms with Crippen molar-refractivity contribution < 1.29 is 22.8 Å². The van der Waals surface area contributed by atoms with Crippen molar-refractivity contribution in [2.45, 2.75) is 71.0 Å². The summed E-state index contributed by atoms with van der Waals surface area (Å²) in [7, 11) is -3.92. The number of anilines is 1. The van der Waals surface area contributed by atoms with Crippen LogP contribution in [0.2, 0.25) is 0 Å². The highest BCUT2D eigenvalue weighted by Gasteiger charge is 2.34. The number of carbonyl (C=O) groups is 3. The number of hydrogen-bond donors (Lipinski definition) is 1. The van der Waals surface area contributed by atoms with Gasteiger partial charge in [0.05, 0.1) is 11.9 Å². The van der Waals surface area contributed by atoms with E-state index in [1.165, 1.54) is 17.9 Å². The lowest BCUT2D eigenvalue weighted by Gasteiger charge is -2.35. The second kappa shape index (κ2) is 14.5. The number of aryl methyl sites for hydroxylation is 1. The van der Waals surface area contributed by atoms with Crippen LogP contribution in [0.1, 0.15) is 66.1 Å². The maximum atomic E-state index is 14.3. The van der Waals surface area contributed by atoms with Crippen molar-refractivity contribution in [2.24, 2.45) is 0 Å². The highest BCUT2D eigenvalue weighted by atomic mass is 32.2. The van der Waals surface area contributed by atoms with E-state index in [2.05, 4.69) is 5.32 Å². The monoisotopic (exact) mass is 603 g/mol. The van der Waals surface area contributed by atoms with E-state index in [1.807, 2.05) is 61.5 Å². The lowest BCUT2D eigenvalue weighted by Crippen LogP contribution is -2.55. The Kier molecular flexibility index (Phi) is 10.7. The Morgan fingerprint density at radius 3 is 2.23 bits per heavy atom. The molecule has 3 aromatic rings. The highest BCUT2D eigenvalue weighted by Crippen LogP contribution is 2.23. The van der Waals surface area contributed by atoms with Crippen molar-refractivity contribution in [2.75, 3.05) is 17.1 Å². The SMILES string of the molecule is CC(=O)c1cccc(N(CC(=O)N(Cc2ccccc2C)[C@H](Cc2ccccc2)C(=O)NC2CCCCC2)S(C)(=O)=O)c1. The van der Waals surface area contributed by atoms with E-state index in [-0.39, 0.29) is 36.4 Å². The quantitative estimate of drug-likeness (QED) is 0.292. The number of Topliss-reactive ketones (excluding diaryl/α,β-unsaturated/α-hetero) is 1. The van der Waals surface area contributed by atoms with Crippen LogP contribution in [-0.4, -0.2) is 55.8 Å². The Labute approximate surface area is 255 Å². The second-order valence-electron chi connectivity index (χ2n) is 11.4. The zero-order valence-corrected chi connectivity index (χ0v) is 26.0. The van der Waals surface area contributed by atoms with Gasteiger partial charge in [0.1, 0.15) is 12.6 Å². The van der Waals surface area contributed by atoms with Gasteiger partial charge in [-0.2, -0.15) is 0 Å². The maximum Gasteiger partial charge on any atom is 0.244 e. The van der Waals surface area contributed by atoms with Crippen molar-refractivity contribution >= 4 is 33.3 Å². The molecule has 0 saturated heterocycles. The van der Waals surface area contributed by atoms with Crippen molar-refractivity contribution in [3.8, 4) is 0 Å². The van der Waals surface area contributed by atoms with E-state index in [1.54, 1.807) is 18.2 Å². The summed E-state index contributed by atoms with van der Waals surface area (Å²) < 4.78 is 27.1. The van der Waals surface area contributed by atoms with Gasteiger partial charge >= 0.3 is 0 Å². The minimum absolute atomic E-state index is 0.0387. The molecule has 43 heavy (non-hydrogen) atoms. The van der Waals surface area contributed by atoms with Crippen LogP contribution in [0.3, 0.4) is 0 Å². The number of amides is 2. The number of hydrogen-bond acceptors (Lipinski definition) is 5. The summed E-state index contributed by atoms with van der Waals surface area (Å²) in [5.41, 5.74) is 3.27. The lowest BCUT2D eigenvalue weighted by molar-refractivity contribution is -0.140. The number of carbonyl (C=O) groups excluding carboxylic acids is 3. The van der Waals surface area contributed by atoms with E-state index in [0.717, 1.165) is 59.4 Å². The molecule has 0 heterocycles. The summed E-state index contributed by atoms with van der Waals surface area (Å²) in [6.45, 7) is 2.96. The summed E-state index contributed by atoms with van der Waals surface area (Å²) >= 11 is 0. The topological polar surface area (TPSA) is 104 Å². The summed E-state index contributed by atoms with van der Waals surface area (Å²) in [5, 5.41) is 3.21. The van der Waals surface area contributed by atoms with Gasteiger partial charge in [0, 0.05) is 24.6 Å². The number of benzene rings is 3. The van der Waals surface area contributed by atoms with Crippen LogP contribution in [-0.2, 0) is 32.6 Å². The summed E-state index contributed by atoms with van der Waals surface area (Å²) in [6.07, 6.45) is 6.32. The van der Waals surface area contributed by atoms with Gasteiger partial charge in [0.25, 0.3) is 0 Å². The van der Waals surface area contributed by atoms with Crippen LogP contribution in [0.4, 0.5) is 5.69 Å². The minimum atomic E-state index is -3.92. The minimum Gasteiger partial charge on any atom is -0.352 e. The Morgan fingerprint density at radius 2 is 1.58 bits per heavy atom. The lowest BCUT2D eigenvalue weighted by atomic mass is 9.94. The van der Waals surface area contributed by atoms with Crippen LogP contribution in [0, 0.1) is 6.92 Å². The smallest absolute Gasteiger partial charge is 0.244 e. The van der Waals surface area contributed by atoms with E-state index in [0.29, 0.717) is 5.56 Å². The van der Waals surface area contributed by atoms with Crippen LogP contribution >= 0.6 is 0 Å². The molecule has 4 rings (SSSR count). The molecule has 1 aliphatic rings. The van der Waals surface area contributed by atoms with Gasteiger partial charge in [-0.3, -0.25) is 18.7 Å². The van der Waals surface area contributed by atoms with Gasteiger partial charge < -0.3 is 10.2 Å². The van der Waals surface area contributed by atoms with Gasteiger partial charge in [-0.15, -0.1) is 0 Å². The number of rotatable bonds is 12. The Balaban J connectivity index is 1.74. The first-order valence-corrected chi connectivity index (χ1v) is 16.6. The fourth-order valence-electron chi connectivity index (χ4n) is 5.56. The first-order chi connectivity index (χ1) is 20.5. The molecule has 0 aromatic heterocycles. The average molecular weight is 604 g/mol. The molecule has 0 radical (unpaired) electrons. The third-order valence-electron chi connectivity index (χ3n) is 8.04. The normalized spacial score (nSPS) is 14.5. The number of sulfonamides is 1. The Bertz CT molecular complexity index is 1530. The van der Waals surface area contributed by atoms with E-state index in [9.17, 15) is 22.8 Å². The molecule has 228 valence electrons. The van der Waals surface area contributed by atoms with Gasteiger partial charge in [0.2, 0.25) is 21.8 Å². The Morgan fingerprint density at radius 1 is 0.907 bits per heavy atom. The first kappa shape index (κ1) is 31.9. The molecule has 3 aromatic carbocycles. The number of nitrogens with one attached hydrogen (secondary N) is 1. The zero-order chi connectivity index (χ0) is 31.0. The maximum absolute atomic E-state index is 14.3. The van der Waals surface area contributed by atoms with Crippen molar-refractivity contribution in [3.05, 3.63) is 101 Å². The third kappa shape index (κ3) is 8.76. The molecule has 1 N–H and O–H groups in total. The van der Waals surface area contributed by atoms with E-state index >= 15 is 0 Å². The molecular weight excluding hydrogens is 562 g/mol. The molecular formula is C34H41N3O5S. The molecule has 1 atom stereocenters. The third-order valence-corrected chi connectivity index (χ3v) is 9.19. The van der Waals surface area contributed by atoms with Crippen LogP contribution in [0.15, 0.2) is 78.9 Å². The van der Waals surface area contributed by atoms with Crippen LogP contribution < -0.4 is 9.62 Å². The predicted molar refractivity (Wildman–Crippen MR) is 169 cm³/mol. The van der Waals surface area contributed by atoms with Gasteiger partial charge in [0.15, 0.2) is 5.78 Å². The molecule has 9 heteroatoms. The summed E-state index contributed by atoms with van der Waals surface area (Å²) in [5.74, 6) is -0.978. The van der Waals surface area contributed by atoms with Gasteiger partial charge in [-0.1, -0.05) is 86.0 Å². The molecule has 0 aliphatic heterocycles. The molecule has 1 fully saturated rings. The largest absolute Gasteiger partial charge is 0.352 e. The highest BCUT2D eigenvalue weighted by molar-refractivity contribution is 7.92. The number of nitrogens with zero attached hydrogens (tertiary/aromatic N) is 2. The van der Waals surface area contributed by atoms with Crippen molar-refractivity contribution in [1.29, 1.82) is 0 Å². The van der Waals surface area contributed by atoms with Crippen molar-refractivity contribution in [1.82, 2.24) is 10.2 Å². The van der Waals surface area contributed by atoms with Crippen LogP contribution in [0.5, 0.6) is 0 Å².